The first-order chi connectivity index (χ1) is 22.6. The third kappa shape index (κ3) is 4.83. The second-order valence-corrected chi connectivity index (χ2v) is 12.6. The van der Waals surface area contributed by atoms with Gasteiger partial charge in [-0.2, -0.15) is 14.7 Å². The standard InChI is InChI=1S/C33H34N10O4/c1-18-12-28-37-27(38-32(45)20-10-11-20)13-29(43(28)39-18)36-25-8-5-7-23-24-14-34-42(30(24)19(2)40(3)31(23)25)22-15-41(16-22)33(46,47)26-9-4-6-21(17-44)35-26/h4-9,12-14,17,19-20,22,36,46-47H,10-11,15-16H2,1-3H3,(H,37,38,45). The zero-order valence-electron chi connectivity index (χ0n) is 26.1. The minimum Gasteiger partial charge on any atom is -0.364 e. The molecule has 47 heavy (non-hydrogen) atoms. The third-order valence-electron chi connectivity index (χ3n) is 9.39. The molecule has 6 heterocycles. The average Bonchev–Trinajstić information content (AvgIpc) is 3.69. The van der Waals surface area contributed by atoms with E-state index >= 15 is 0 Å². The van der Waals surface area contributed by atoms with Crippen LogP contribution in [0, 0.1) is 12.8 Å². The molecule has 1 saturated carbocycles. The number of benzene rings is 1. The molecule has 1 amide bonds. The summed E-state index contributed by atoms with van der Waals surface area (Å²) < 4.78 is 3.72. The van der Waals surface area contributed by atoms with Gasteiger partial charge in [0.05, 0.1) is 41.0 Å². The Morgan fingerprint density at radius 3 is 2.62 bits per heavy atom. The summed E-state index contributed by atoms with van der Waals surface area (Å²) in [5.74, 6) is -1.13. The summed E-state index contributed by atoms with van der Waals surface area (Å²) in [5.41, 5.74) is 6.46. The number of aldehydes is 1. The number of anilines is 4. The fraction of sp³-hybridized carbons (Fsp3) is 0.333. The molecule has 0 bridgehead atoms. The normalized spacial score (nSPS) is 18.1. The van der Waals surface area contributed by atoms with Crippen LogP contribution in [0.25, 0.3) is 16.8 Å². The largest absolute Gasteiger partial charge is 0.364 e. The van der Waals surface area contributed by atoms with Crippen LogP contribution in [-0.4, -0.2) is 76.8 Å². The quantitative estimate of drug-likeness (QED) is 0.146. The maximum Gasteiger partial charge on any atom is 0.271 e. The number of nitrogens with one attached hydrogen (secondary N) is 2. The molecule has 1 saturated heterocycles. The molecule has 1 aliphatic carbocycles. The SMILES string of the molecule is Cc1cc2nc(NC(=O)C3CC3)cc(Nc3cccc4c3N(C)C(C)c3c-4cnn3C3CN(C(O)(O)c4cccc(C=O)n4)C3)n2n1. The molecule has 3 aliphatic rings. The summed E-state index contributed by atoms with van der Waals surface area (Å²) in [6, 6.07) is 14.2. The molecule has 0 radical (unpaired) electrons. The number of hydrogen-bond acceptors (Lipinski definition) is 11. The lowest BCUT2D eigenvalue weighted by Crippen LogP contribution is -2.59. The van der Waals surface area contributed by atoms with Crippen molar-refractivity contribution < 1.29 is 19.8 Å². The van der Waals surface area contributed by atoms with E-state index in [1.54, 1.807) is 10.6 Å². The van der Waals surface area contributed by atoms with Crippen molar-refractivity contribution in [2.75, 3.05) is 35.7 Å². The van der Waals surface area contributed by atoms with E-state index in [0.29, 0.717) is 36.7 Å². The van der Waals surface area contributed by atoms with Gasteiger partial charge in [0.15, 0.2) is 11.9 Å². The van der Waals surface area contributed by atoms with Crippen LogP contribution in [0.3, 0.4) is 0 Å². The molecule has 14 nitrogen and oxygen atoms in total. The van der Waals surface area contributed by atoms with Crippen LogP contribution < -0.4 is 15.5 Å². The second kappa shape index (κ2) is 10.7. The number of carbonyl (C=O) groups is 2. The number of carbonyl (C=O) groups excluding carboxylic acids is 2. The molecule has 1 aromatic carbocycles. The number of aromatic nitrogens is 6. The van der Waals surface area contributed by atoms with Crippen LogP contribution in [0.2, 0.25) is 0 Å². The number of nitrogens with zero attached hydrogens (tertiary/aromatic N) is 8. The van der Waals surface area contributed by atoms with Crippen molar-refractivity contribution in [2.45, 2.75) is 44.7 Å². The number of likely N-dealkylation sites (tertiary alicyclic amines) is 1. The number of amides is 1. The predicted octanol–water partition coefficient (Wildman–Crippen LogP) is 3.36. The van der Waals surface area contributed by atoms with E-state index < -0.39 is 5.91 Å². The van der Waals surface area contributed by atoms with Crippen LogP contribution in [0.1, 0.15) is 59.4 Å². The Morgan fingerprint density at radius 1 is 1.06 bits per heavy atom. The molecule has 240 valence electrons. The molecule has 5 aromatic rings. The Balaban J connectivity index is 1.09. The molecule has 0 spiro atoms. The van der Waals surface area contributed by atoms with E-state index in [9.17, 15) is 19.8 Å². The van der Waals surface area contributed by atoms with Crippen molar-refractivity contribution in [2.24, 2.45) is 5.92 Å². The Hall–Kier alpha value is -5.18. The topological polar surface area (TPSA) is 166 Å². The number of rotatable bonds is 8. The van der Waals surface area contributed by atoms with E-state index in [-0.39, 0.29) is 35.3 Å². The lowest BCUT2D eigenvalue weighted by molar-refractivity contribution is -0.302. The molecule has 2 aliphatic heterocycles. The van der Waals surface area contributed by atoms with Crippen molar-refractivity contribution in [1.29, 1.82) is 0 Å². The Bertz CT molecular complexity index is 2060. The van der Waals surface area contributed by atoms with Crippen LogP contribution in [0.5, 0.6) is 0 Å². The highest BCUT2D eigenvalue weighted by Crippen LogP contribution is 2.49. The van der Waals surface area contributed by atoms with Gasteiger partial charge in [-0.05, 0) is 44.9 Å². The van der Waals surface area contributed by atoms with Gasteiger partial charge in [-0.25, -0.2) is 14.9 Å². The first-order valence-corrected chi connectivity index (χ1v) is 15.6. The highest BCUT2D eigenvalue weighted by Gasteiger charge is 2.46. The molecule has 2 fully saturated rings. The van der Waals surface area contributed by atoms with Crippen molar-refractivity contribution in [3.63, 3.8) is 0 Å². The molecular weight excluding hydrogens is 600 g/mol. The lowest BCUT2D eigenvalue weighted by atomic mass is 9.93. The van der Waals surface area contributed by atoms with E-state index in [0.717, 1.165) is 46.7 Å². The minimum atomic E-state index is -2.32. The van der Waals surface area contributed by atoms with Crippen LogP contribution >= 0.6 is 0 Å². The van der Waals surface area contributed by atoms with Gasteiger partial charge >= 0.3 is 0 Å². The maximum absolute atomic E-state index is 12.6. The van der Waals surface area contributed by atoms with E-state index in [2.05, 4.69) is 43.6 Å². The van der Waals surface area contributed by atoms with Crippen LogP contribution in [-0.2, 0) is 10.7 Å². The minimum absolute atomic E-state index is 0.000683. The summed E-state index contributed by atoms with van der Waals surface area (Å²) in [6.45, 7) is 4.70. The predicted molar refractivity (Wildman–Crippen MR) is 173 cm³/mol. The summed E-state index contributed by atoms with van der Waals surface area (Å²) in [7, 11) is 2.04. The lowest BCUT2D eigenvalue weighted by Gasteiger charge is -2.47. The maximum atomic E-state index is 12.6. The van der Waals surface area contributed by atoms with Gasteiger partial charge in [0.25, 0.3) is 5.91 Å². The number of hydrogen-bond donors (Lipinski definition) is 4. The third-order valence-corrected chi connectivity index (χ3v) is 9.39. The van der Waals surface area contributed by atoms with Crippen molar-refractivity contribution in [1.82, 2.24) is 34.3 Å². The molecule has 4 aromatic heterocycles. The summed E-state index contributed by atoms with van der Waals surface area (Å²) in [5, 5.41) is 37.9. The van der Waals surface area contributed by atoms with Gasteiger partial charge in [-0.15, -0.1) is 0 Å². The Kier molecular flexibility index (Phi) is 6.65. The fourth-order valence-electron chi connectivity index (χ4n) is 6.59. The number of aliphatic hydroxyl groups is 2. The molecule has 1 unspecified atom stereocenters. The number of para-hydroxylation sites is 1. The number of pyridine rings is 1. The van der Waals surface area contributed by atoms with Crippen LogP contribution in [0.4, 0.5) is 23.0 Å². The zero-order valence-corrected chi connectivity index (χ0v) is 26.1. The Labute approximate surface area is 269 Å². The highest BCUT2D eigenvalue weighted by atomic mass is 16.5. The fourth-order valence-corrected chi connectivity index (χ4v) is 6.59. The first-order valence-electron chi connectivity index (χ1n) is 15.6. The number of aryl methyl sites for hydroxylation is 1. The van der Waals surface area contributed by atoms with E-state index in [1.165, 1.54) is 17.0 Å². The highest BCUT2D eigenvalue weighted by molar-refractivity contribution is 5.95. The van der Waals surface area contributed by atoms with Crippen molar-refractivity contribution >= 4 is 40.9 Å². The van der Waals surface area contributed by atoms with Gasteiger partial charge in [-0.3, -0.25) is 14.3 Å². The monoisotopic (exact) mass is 634 g/mol. The zero-order chi connectivity index (χ0) is 32.6. The van der Waals surface area contributed by atoms with E-state index in [4.69, 9.17) is 5.10 Å². The van der Waals surface area contributed by atoms with Gasteiger partial charge in [0.2, 0.25) is 5.91 Å². The summed E-state index contributed by atoms with van der Waals surface area (Å²) in [4.78, 5) is 36.2. The summed E-state index contributed by atoms with van der Waals surface area (Å²) >= 11 is 0. The van der Waals surface area contributed by atoms with Crippen molar-refractivity contribution in [3.05, 3.63) is 77.5 Å². The first kappa shape index (κ1) is 29.2. The van der Waals surface area contributed by atoms with Gasteiger partial charge in [0, 0.05) is 49.3 Å². The van der Waals surface area contributed by atoms with Gasteiger partial charge in [0.1, 0.15) is 23.0 Å². The van der Waals surface area contributed by atoms with Crippen molar-refractivity contribution in [3.8, 4) is 11.1 Å². The number of fused-ring (bicyclic) bond motifs is 4. The molecule has 14 heteroatoms. The van der Waals surface area contributed by atoms with Gasteiger partial charge in [-0.1, -0.05) is 18.2 Å². The Morgan fingerprint density at radius 2 is 1.85 bits per heavy atom. The molecule has 8 rings (SSSR count). The molecular formula is C33H34N10O4. The van der Waals surface area contributed by atoms with Gasteiger partial charge < -0.3 is 25.7 Å². The van der Waals surface area contributed by atoms with E-state index in [1.807, 2.05) is 49.1 Å². The summed E-state index contributed by atoms with van der Waals surface area (Å²) in [6.07, 6.45) is 4.26. The average molecular weight is 635 g/mol. The second-order valence-electron chi connectivity index (χ2n) is 12.6. The smallest absolute Gasteiger partial charge is 0.271 e. The molecule has 4 N–H and O–H groups in total. The molecule has 1 atom stereocenters. The van der Waals surface area contributed by atoms with Crippen LogP contribution in [0.15, 0.2) is 54.7 Å².